The molecule has 0 N–H and O–H groups in total. The molecule has 1 saturated heterocycles. The van der Waals surface area contributed by atoms with Gasteiger partial charge in [-0.3, -0.25) is 14.5 Å². The summed E-state index contributed by atoms with van der Waals surface area (Å²) in [5.41, 5.74) is 1.72. The molecule has 0 radical (unpaired) electrons. The minimum atomic E-state index is -0.184. The fourth-order valence-corrected chi connectivity index (χ4v) is 3.09. The smallest absolute Gasteiger partial charge is 0.206 e. The van der Waals surface area contributed by atoms with Crippen molar-refractivity contribution in [3.8, 4) is 17.2 Å². The summed E-state index contributed by atoms with van der Waals surface area (Å²) < 4.78 is 20.1. The van der Waals surface area contributed by atoms with E-state index in [-0.39, 0.29) is 18.1 Å². The Labute approximate surface area is 171 Å². The fraction of sp³-hybridized carbons (Fsp3) is 0.238. The molecule has 0 atom stereocenters. The molecule has 0 aliphatic carbocycles. The Morgan fingerprint density at radius 1 is 1.17 bits per heavy atom. The van der Waals surface area contributed by atoms with Crippen LogP contribution in [0.5, 0.6) is 11.5 Å². The molecule has 0 bridgehead atoms. The van der Waals surface area contributed by atoms with Crippen LogP contribution in [0.2, 0.25) is 0 Å². The van der Waals surface area contributed by atoms with Gasteiger partial charge in [0.2, 0.25) is 5.43 Å². The SMILES string of the molecule is Cn1cc(-n2ccc(=O)c(COc3ccc4ncc(OC5COC5)cc4c3)n2)cn1. The Morgan fingerprint density at radius 3 is 2.80 bits per heavy atom. The topological polar surface area (TPSA) is 93.3 Å². The second-order valence-corrected chi connectivity index (χ2v) is 7.03. The molecule has 4 heterocycles. The minimum Gasteiger partial charge on any atom is -0.487 e. The zero-order chi connectivity index (χ0) is 20.5. The van der Waals surface area contributed by atoms with E-state index in [9.17, 15) is 4.79 Å². The molecule has 1 aromatic carbocycles. The van der Waals surface area contributed by atoms with Gasteiger partial charge >= 0.3 is 0 Å². The second kappa shape index (κ2) is 7.60. The molecule has 1 aliphatic heterocycles. The van der Waals surface area contributed by atoms with Crippen LogP contribution >= 0.6 is 0 Å². The number of hydrogen-bond donors (Lipinski definition) is 0. The predicted octanol–water partition coefficient (Wildman–Crippen LogP) is 1.87. The van der Waals surface area contributed by atoms with Gasteiger partial charge in [0.1, 0.15) is 35.6 Å². The summed E-state index contributed by atoms with van der Waals surface area (Å²) >= 11 is 0. The first-order chi connectivity index (χ1) is 14.6. The van der Waals surface area contributed by atoms with E-state index in [1.807, 2.05) is 37.5 Å². The molecule has 0 spiro atoms. The third kappa shape index (κ3) is 3.74. The van der Waals surface area contributed by atoms with Crippen LogP contribution in [-0.4, -0.2) is 43.9 Å². The van der Waals surface area contributed by atoms with Gasteiger partial charge in [0.25, 0.3) is 0 Å². The molecule has 1 fully saturated rings. The second-order valence-electron chi connectivity index (χ2n) is 7.03. The molecule has 4 aromatic rings. The molecule has 5 rings (SSSR count). The highest BCUT2D eigenvalue weighted by atomic mass is 16.6. The first-order valence-electron chi connectivity index (χ1n) is 9.49. The van der Waals surface area contributed by atoms with E-state index in [1.165, 1.54) is 6.07 Å². The normalized spacial score (nSPS) is 13.9. The number of ether oxygens (including phenoxy) is 3. The van der Waals surface area contributed by atoms with Crippen LogP contribution in [0.25, 0.3) is 16.6 Å². The average molecular weight is 405 g/mol. The number of aryl methyl sites for hydroxylation is 1. The molecular weight excluding hydrogens is 386 g/mol. The lowest BCUT2D eigenvalue weighted by Gasteiger charge is -2.26. The van der Waals surface area contributed by atoms with E-state index >= 15 is 0 Å². The molecule has 152 valence electrons. The van der Waals surface area contributed by atoms with E-state index in [0.717, 1.165) is 16.6 Å². The molecule has 3 aromatic heterocycles. The first kappa shape index (κ1) is 18.3. The third-order valence-corrected chi connectivity index (χ3v) is 4.75. The quantitative estimate of drug-likeness (QED) is 0.483. The summed E-state index contributed by atoms with van der Waals surface area (Å²) in [5.74, 6) is 1.31. The van der Waals surface area contributed by atoms with Crippen molar-refractivity contribution in [2.75, 3.05) is 13.2 Å². The van der Waals surface area contributed by atoms with Crippen molar-refractivity contribution in [3.63, 3.8) is 0 Å². The van der Waals surface area contributed by atoms with Crippen molar-refractivity contribution in [1.82, 2.24) is 24.5 Å². The number of rotatable bonds is 6. The Balaban J connectivity index is 1.34. The molecule has 30 heavy (non-hydrogen) atoms. The maximum atomic E-state index is 12.2. The summed E-state index contributed by atoms with van der Waals surface area (Å²) in [6.07, 6.45) is 6.88. The van der Waals surface area contributed by atoms with Crippen molar-refractivity contribution >= 4 is 10.9 Å². The number of pyridine rings is 1. The van der Waals surface area contributed by atoms with Crippen molar-refractivity contribution in [2.24, 2.45) is 7.05 Å². The summed E-state index contributed by atoms with van der Waals surface area (Å²) in [5, 5.41) is 9.39. The average Bonchev–Trinajstić information content (AvgIpc) is 3.16. The molecular formula is C21H19N5O4. The number of aromatic nitrogens is 5. The molecule has 0 unspecified atom stereocenters. The van der Waals surface area contributed by atoms with Gasteiger partial charge < -0.3 is 14.2 Å². The van der Waals surface area contributed by atoms with Gasteiger partial charge in [-0.2, -0.15) is 10.2 Å². The standard InChI is InChI=1S/C21H19N5O4/c1-25-10-15(8-23-25)26-5-4-21(27)20(24-26)13-29-16-2-3-19-14(6-16)7-17(9-22-19)30-18-11-28-12-18/h2-10,18H,11-13H2,1H3. The van der Waals surface area contributed by atoms with Gasteiger partial charge in [-0.05, 0) is 24.3 Å². The van der Waals surface area contributed by atoms with E-state index in [0.29, 0.717) is 30.4 Å². The summed E-state index contributed by atoms with van der Waals surface area (Å²) in [6.45, 7) is 1.25. The lowest BCUT2D eigenvalue weighted by Crippen LogP contribution is -2.38. The fourth-order valence-electron chi connectivity index (χ4n) is 3.09. The lowest BCUT2D eigenvalue weighted by atomic mass is 10.2. The predicted molar refractivity (Wildman–Crippen MR) is 108 cm³/mol. The van der Waals surface area contributed by atoms with Gasteiger partial charge in [-0.1, -0.05) is 0 Å². The van der Waals surface area contributed by atoms with Crippen molar-refractivity contribution < 1.29 is 14.2 Å². The van der Waals surface area contributed by atoms with Crippen LogP contribution in [0, 0.1) is 0 Å². The molecule has 0 saturated carbocycles. The third-order valence-electron chi connectivity index (χ3n) is 4.75. The Kier molecular flexibility index (Phi) is 4.64. The van der Waals surface area contributed by atoms with Crippen molar-refractivity contribution in [3.05, 3.63) is 71.0 Å². The van der Waals surface area contributed by atoms with E-state index in [2.05, 4.69) is 15.2 Å². The van der Waals surface area contributed by atoms with Crippen molar-refractivity contribution in [1.29, 1.82) is 0 Å². The van der Waals surface area contributed by atoms with Gasteiger partial charge in [0, 0.05) is 24.7 Å². The summed E-state index contributed by atoms with van der Waals surface area (Å²) in [4.78, 5) is 16.6. The summed E-state index contributed by atoms with van der Waals surface area (Å²) in [6, 6.07) is 8.95. The highest BCUT2D eigenvalue weighted by Crippen LogP contribution is 2.25. The zero-order valence-electron chi connectivity index (χ0n) is 16.3. The maximum absolute atomic E-state index is 12.2. The Morgan fingerprint density at radius 2 is 2.03 bits per heavy atom. The lowest BCUT2D eigenvalue weighted by molar-refractivity contribution is -0.0797. The Bertz CT molecular complexity index is 1260. The number of fused-ring (bicyclic) bond motifs is 1. The van der Waals surface area contributed by atoms with Crippen LogP contribution in [0.4, 0.5) is 0 Å². The van der Waals surface area contributed by atoms with Crippen LogP contribution < -0.4 is 14.9 Å². The minimum absolute atomic E-state index is 0.0501. The van der Waals surface area contributed by atoms with Crippen LogP contribution in [0.15, 0.2) is 59.9 Å². The monoisotopic (exact) mass is 405 g/mol. The van der Waals surface area contributed by atoms with Gasteiger partial charge in [-0.15, -0.1) is 0 Å². The highest BCUT2D eigenvalue weighted by molar-refractivity contribution is 5.81. The Hall–Kier alpha value is -3.72. The number of benzene rings is 1. The number of nitrogens with zero attached hydrogens (tertiary/aromatic N) is 5. The van der Waals surface area contributed by atoms with Gasteiger partial charge in [0.05, 0.1) is 37.3 Å². The zero-order valence-corrected chi connectivity index (χ0v) is 16.3. The first-order valence-corrected chi connectivity index (χ1v) is 9.49. The van der Waals surface area contributed by atoms with Crippen molar-refractivity contribution in [2.45, 2.75) is 12.7 Å². The molecule has 1 aliphatic rings. The van der Waals surface area contributed by atoms with Crippen LogP contribution in [0.1, 0.15) is 5.69 Å². The molecule has 9 heteroatoms. The van der Waals surface area contributed by atoms with E-state index < -0.39 is 0 Å². The van der Waals surface area contributed by atoms with Crippen LogP contribution in [-0.2, 0) is 18.4 Å². The highest BCUT2D eigenvalue weighted by Gasteiger charge is 2.20. The largest absolute Gasteiger partial charge is 0.487 e. The van der Waals surface area contributed by atoms with Gasteiger partial charge in [-0.25, -0.2) is 4.68 Å². The molecule has 9 nitrogen and oxygen atoms in total. The van der Waals surface area contributed by atoms with E-state index in [4.69, 9.17) is 14.2 Å². The van der Waals surface area contributed by atoms with E-state index in [1.54, 1.807) is 28.0 Å². The maximum Gasteiger partial charge on any atom is 0.206 e. The van der Waals surface area contributed by atoms with Gasteiger partial charge in [0.15, 0.2) is 0 Å². The summed E-state index contributed by atoms with van der Waals surface area (Å²) in [7, 11) is 1.82. The molecule has 0 amide bonds. The van der Waals surface area contributed by atoms with Crippen LogP contribution in [0.3, 0.4) is 0 Å². The number of hydrogen-bond acceptors (Lipinski definition) is 7.